The average molecular weight is 348 g/mol. The molecule has 0 fully saturated rings. The lowest BCUT2D eigenvalue weighted by molar-refractivity contribution is -0.113. The Hall–Kier alpha value is -2.75. The van der Waals surface area contributed by atoms with E-state index in [1.165, 1.54) is 16.3 Å². The number of aromatic amines is 3. The third-order valence-electron chi connectivity index (χ3n) is 3.30. The van der Waals surface area contributed by atoms with Crippen LogP contribution in [0.25, 0.3) is 11.0 Å². The SMILES string of the molecule is CCCn1c(SCC(=O)Nc2ccc3[nH]c(=O)[nH]c3c2)n[nH]c1=O. The van der Waals surface area contributed by atoms with E-state index in [2.05, 4.69) is 25.5 Å². The van der Waals surface area contributed by atoms with Crippen LogP contribution in [-0.2, 0) is 11.3 Å². The second-order valence-electron chi connectivity index (χ2n) is 5.14. The second kappa shape index (κ2) is 6.79. The first-order valence-corrected chi connectivity index (χ1v) is 8.35. The first kappa shape index (κ1) is 16.1. The van der Waals surface area contributed by atoms with Gasteiger partial charge in [-0.05, 0) is 24.6 Å². The number of benzene rings is 1. The van der Waals surface area contributed by atoms with Gasteiger partial charge >= 0.3 is 11.4 Å². The van der Waals surface area contributed by atoms with Gasteiger partial charge in [0.05, 0.1) is 16.8 Å². The van der Waals surface area contributed by atoms with Gasteiger partial charge in [0, 0.05) is 12.2 Å². The van der Waals surface area contributed by atoms with E-state index in [0.717, 1.165) is 6.42 Å². The second-order valence-corrected chi connectivity index (χ2v) is 6.08. The molecule has 126 valence electrons. The zero-order valence-corrected chi connectivity index (χ0v) is 13.7. The number of hydrogen-bond acceptors (Lipinski definition) is 5. The van der Waals surface area contributed by atoms with Gasteiger partial charge in [-0.25, -0.2) is 14.7 Å². The van der Waals surface area contributed by atoms with E-state index in [1.807, 2.05) is 6.92 Å². The Morgan fingerprint density at radius 1 is 1.29 bits per heavy atom. The van der Waals surface area contributed by atoms with Crippen molar-refractivity contribution in [3.8, 4) is 0 Å². The van der Waals surface area contributed by atoms with Gasteiger partial charge in [-0.3, -0.25) is 9.36 Å². The molecular weight excluding hydrogens is 332 g/mol. The van der Waals surface area contributed by atoms with E-state index in [0.29, 0.717) is 28.4 Å². The standard InChI is InChI=1S/C14H16N6O3S/c1-2-5-20-13(23)18-19-14(20)24-7-11(21)15-8-3-4-9-10(6-8)17-12(22)16-9/h3-4,6H,2,5,7H2,1H3,(H,15,21)(H,18,23)(H2,16,17,22). The molecule has 24 heavy (non-hydrogen) atoms. The van der Waals surface area contributed by atoms with E-state index < -0.39 is 0 Å². The van der Waals surface area contributed by atoms with Crippen LogP contribution in [0.5, 0.6) is 0 Å². The van der Waals surface area contributed by atoms with Crippen LogP contribution in [0.15, 0.2) is 32.9 Å². The summed E-state index contributed by atoms with van der Waals surface area (Å²) < 4.78 is 1.51. The summed E-state index contributed by atoms with van der Waals surface area (Å²) in [5.41, 5.74) is 1.30. The molecule has 1 aromatic carbocycles. The number of carbonyl (C=O) groups excluding carboxylic acids is 1. The van der Waals surface area contributed by atoms with Crippen LogP contribution in [0.4, 0.5) is 5.69 Å². The van der Waals surface area contributed by atoms with Crippen molar-refractivity contribution < 1.29 is 4.79 Å². The molecule has 9 nitrogen and oxygen atoms in total. The molecule has 3 aromatic rings. The lowest BCUT2D eigenvalue weighted by Gasteiger charge is -2.06. The normalized spacial score (nSPS) is 11.0. The highest BCUT2D eigenvalue weighted by atomic mass is 32.2. The van der Waals surface area contributed by atoms with Crippen LogP contribution in [0.1, 0.15) is 13.3 Å². The molecule has 2 aromatic heterocycles. The van der Waals surface area contributed by atoms with Gasteiger partial charge in [0.15, 0.2) is 5.16 Å². The molecule has 0 atom stereocenters. The van der Waals surface area contributed by atoms with Crippen molar-refractivity contribution in [3.63, 3.8) is 0 Å². The van der Waals surface area contributed by atoms with Crippen molar-refractivity contribution in [1.82, 2.24) is 24.7 Å². The molecule has 0 unspecified atom stereocenters. The van der Waals surface area contributed by atoms with Crippen LogP contribution >= 0.6 is 11.8 Å². The number of hydrogen-bond donors (Lipinski definition) is 4. The molecule has 0 bridgehead atoms. The number of imidazole rings is 1. The molecule has 0 aliphatic heterocycles. The summed E-state index contributed by atoms with van der Waals surface area (Å²) in [6.07, 6.45) is 0.800. The lowest BCUT2D eigenvalue weighted by atomic mass is 10.3. The molecule has 0 radical (unpaired) electrons. The Balaban J connectivity index is 1.64. The predicted molar refractivity (Wildman–Crippen MR) is 91.4 cm³/mol. The zero-order chi connectivity index (χ0) is 17.1. The van der Waals surface area contributed by atoms with Crippen molar-refractivity contribution in [2.75, 3.05) is 11.1 Å². The number of nitrogens with one attached hydrogen (secondary N) is 4. The Morgan fingerprint density at radius 2 is 2.08 bits per heavy atom. The van der Waals surface area contributed by atoms with Gasteiger partial charge in [-0.1, -0.05) is 18.7 Å². The van der Waals surface area contributed by atoms with Crippen LogP contribution in [0.2, 0.25) is 0 Å². The molecule has 0 aliphatic rings. The van der Waals surface area contributed by atoms with E-state index in [9.17, 15) is 14.4 Å². The van der Waals surface area contributed by atoms with Crippen LogP contribution in [-0.4, -0.2) is 36.4 Å². The highest BCUT2D eigenvalue weighted by Gasteiger charge is 2.11. The molecular formula is C14H16N6O3S. The fourth-order valence-corrected chi connectivity index (χ4v) is 3.04. The lowest BCUT2D eigenvalue weighted by Crippen LogP contribution is -2.18. The van der Waals surface area contributed by atoms with Crippen LogP contribution in [0, 0.1) is 0 Å². The molecule has 4 N–H and O–H groups in total. The van der Waals surface area contributed by atoms with Gasteiger partial charge < -0.3 is 15.3 Å². The fourth-order valence-electron chi connectivity index (χ4n) is 2.27. The van der Waals surface area contributed by atoms with Gasteiger partial charge in [-0.2, -0.15) is 0 Å². The average Bonchev–Trinajstić information content (AvgIpc) is 3.08. The number of carbonyl (C=O) groups is 1. The quantitative estimate of drug-likeness (QED) is 0.492. The van der Waals surface area contributed by atoms with Gasteiger partial charge in [0.25, 0.3) is 0 Å². The van der Waals surface area contributed by atoms with Gasteiger partial charge in [0.2, 0.25) is 5.91 Å². The number of nitrogens with zero attached hydrogens (tertiary/aromatic N) is 2. The molecule has 0 spiro atoms. The molecule has 0 saturated heterocycles. The highest BCUT2D eigenvalue weighted by Crippen LogP contribution is 2.17. The van der Waals surface area contributed by atoms with Crippen molar-refractivity contribution in [3.05, 3.63) is 39.2 Å². The molecule has 0 aliphatic carbocycles. The number of anilines is 1. The van der Waals surface area contributed by atoms with Gasteiger partial charge in [-0.15, -0.1) is 5.10 Å². The molecule has 1 amide bonds. The Kier molecular flexibility index (Phi) is 4.56. The summed E-state index contributed by atoms with van der Waals surface area (Å²) in [6.45, 7) is 2.51. The van der Waals surface area contributed by atoms with Gasteiger partial charge in [0.1, 0.15) is 0 Å². The highest BCUT2D eigenvalue weighted by molar-refractivity contribution is 7.99. The number of rotatable bonds is 6. The summed E-state index contributed by atoms with van der Waals surface area (Å²) in [5.74, 6) is -0.105. The largest absolute Gasteiger partial charge is 0.343 e. The number of H-pyrrole nitrogens is 3. The first-order chi connectivity index (χ1) is 11.6. The predicted octanol–water partition coefficient (Wildman–Crippen LogP) is 0.882. The number of fused-ring (bicyclic) bond motifs is 1. The molecule has 10 heteroatoms. The van der Waals surface area contributed by atoms with E-state index in [1.54, 1.807) is 18.2 Å². The van der Waals surface area contributed by atoms with E-state index >= 15 is 0 Å². The third-order valence-corrected chi connectivity index (χ3v) is 4.28. The Morgan fingerprint density at radius 3 is 2.88 bits per heavy atom. The maximum Gasteiger partial charge on any atom is 0.343 e. The topological polar surface area (TPSA) is 128 Å². The fraction of sp³-hybridized carbons (Fsp3) is 0.286. The summed E-state index contributed by atoms with van der Waals surface area (Å²) in [6, 6.07) is 5.09. The summed E-state index contributed by atoms with van der Waals surface area (Å²) in [4.78, 5) is 40.2. The van der Waals surface area contributed by atoms with E-state index in [-0.39, 0.29) is 23.0 Å². The van der Waals surface area contributed by atoms with E-state index in [4.69, 9.17) is 0 Å². The summed E-state index contributed by atoms with van der Waals surface area (Å²) >= 11 is 1.19. The van der Waals surface area contributed by atoms with Crippen LogP contribution in [0.3, 0.4) is 0 Å². The van der Waals surface area contributed by atoms with Crippen molar-refractivity contribution >= 4 is 34.4 Å². The van der Waals surface area contributed by atoms with Crippen LogP contribution < -0.4 is 16.7 Å². The Bertz CT molecular complexity index is 982. The van der Waals surface area contributed by atoms with Crippen molar-refractivity contribution in [2.45, 2.75) is 25.0 Å². The van der Waals surface area contributed by atoms with Crippen molar-refractivity contribution in [1.29, 1.82) is 0 Å². The maximum atomic E-state index is 12.1. The number of thioether (sulfide) groups is 1. The summed E-state index contributed by atoms with van der Waals surface area (Å²) in [5, 5.41) is 9.55. The first-order valence-electron chi connectivity index (χ1n) is 7.36. The zero-order valence-electron chi connectivity index (χ0n) is 12.9. The minimum absolute atomic E-state index is 0.121. The summed E-state index contributed by atoms with van der Waals surface area (Å²) in [7, 11) is 0. The minimum atomic E-state index is -0.295. The molecule has 3 rings (SSSR count). The maximum absolute atomic E-state index is 12.1. The van der Waals surface area contributed by atoms with Crippen molar-refractivity contribution in [2.24, 2.45) is 0 Å². The smallest absolute Gasteiger partial charge is 0.325 e. The monoisotopic (exact) mass is 348 g/mol. The Labute approximate surface area is 139 Å². The molecule has 2 heterocycles. The third kappa shape index (κ3) is 3.43. The minimum Gasteiger partial charge on any atom is -0.325 e. The number of aromatic nitrogens is 5. The number of amides is 1. The molecule has 0 saturated carbocycles.